The number of alkyl halides is 1. The molecule has 1 fully saturated rings. The predicted molar refractivity (Wildman–Crippen MR) is 52.3 cm³/mol. The minimum Gasteiger partial charge on any atom is -0.480 e. The van der Waals surface area contributed by atoms with Crippen LogP contribution in [0.15, 0.2) is 0 Å². The molecule has 5 heteroatoms. The number of halogens is 1. The van der Waals surface area contributed by atoms with Crippen LogP contribution >= 0.6 is 11.6 Å². The summed E-state index contributed by atoms with van der Waals surface area (Å²) < 4.78 is 0. The van der Waals surface area contributed by atoms with Crippen molar-refractivity contribution in [1.82, 2.24) is 4.90 Å². The second kappa shape index (κ2) is 4.64. The first-order valence-corrected chi connectivity index (χ1v) is 5.20. The molecule has 1 amide bonds. The van der Waals surface area contributed by atoms with Gasteiger partial charge in [-0.15, -0.1) is 11.6 Å². The van der Waals surface area contributed by atoms with Crippen LogP contribution in [0.5, 0.6) is 0 Å². The number of likely N-dealkylation sites (tertiary alicyclic amines) is 1. The van der Waals surface area contributed by atoms with Crippen molar-refractivity contribution in [1.29, 1.82) is 0 Å². The van der Waals surface area contributed by atoms with Crippen molar-refractivity contribution in [2.75, 3.05) is 12.4 Å². The molecule has 0 aromatic rings. The zero-order chi connectivity index (χ0) is 10.7. The minimum atomic E-state index is -0.919. The predicted octanol–water partition coefficient (Wildman–Crippen LogP) is 0.937. The number of carboxylic acids is 1. The SMILES string of the molecule is C[C@H](CCl)C(=O)N1CCC[C@H]1C(=O)O. The van der Waals surface area contributed by atoms with Crippen LogP contribution in [-0.4, -0.2) is 40.3 Å². The second-order valence-electron chi connectivity index (χ2n) is 3.58. The molecule has 14 heavy (non-hydrogen) atoms. The van der Waals surface area contributed by atoms with E-state index in [9.17, 15) is 9.59 Å². The lowest BCUT2D eigenvalue weighted by atomic mass is 10.1. The maximum absolute atomic E-state index is 11.7. The van der Waals surface area contributed by atoms with Crippen LogP contribution in [0.25, 0.3) is 0 Å². The standard InChI is InChI=1S/C9H14ClNO3/c1-6(5-10)8(12)11-4-2-3-7(11)9(13)14/h6-7H,2-5H2,1H3,(H,13,14)/t6-,7+/m1/s1. The van der Waals surface area contributed by atoms with Gasteiger partial charge in [-0.05, 0) is 12.8 Å². The van der Waals surface area contributed by atoms with E-state index in [-0.39, 0.29) is 17.7 Å². The van der Waals surface area contributed by atoms with Gasteiger partial charge in [0.2, 0.25) is 5.91 Å². The molecule has 4 nitrogen and oxygen atoms in total. The zero-order valence-electron chi connectivity index (χ0n) is 8.07. The van der Waals surface area contributed by atoms with Gasteiger partial charge < -0.3 is 10.0 Å². The van der Waals surface area contributed by atoms with Crippen LogP contribution in [0.3, 0.4) is 0 Å². The van der Waals surface area contributed by atoms with Gasteiger partial charge in [0.25, 0.3) is 0 Å². The molecule has 1 aliphatic rings. The molecule has 1 heterocycles. The van der Waals surface area contributed by atoms with Crippen LogP contribution in [-0.2, 0) is 9.59 Å². The molecule has 0 unspecified atom stereocenters. The van der Waals surface area contributed by atoms with Crippen LogP contribution in [0, 0.1) is 5.92 Å². The van der Waals surface area contributed by atoms with Crippen molar-refractivity contribution in [3.63, 3.8) is 0 Å². The van der Waals surface area contributed by atoms with E-state index in [1.807, 2.05) is 0 Å². The fraction of sp³-hybridized carbons (Fsp3) is 0.778. The summed E-state index contributed by atoms with van der Waals surface area (Å²) in [5.74, 6) is -1.12. The number of hydrogen-bond acceptors (Lipinski definition) is 2. The van der Waals surface area contributed by atoms with Gasteiger partial charge in [-0.25, -0.2) is 4.79 Å². The van der Waals surface area contributed by atoms with Gasteiger partial charge in [-0.2, -0.15) is 0 Å². The normalized spacial score (nSPS) is 23.6. The van der Waals surface area contributed by atoms with E-state index in [4.69, 9.17) is 16.7 Å². The third-order valence-electron chi connectivity index (χ3n) is 2.47. The lowest BCUT2D eigenvalue weighted by molar-refractivity contribution is -0.149. The maximum Gasteiger partial charge on any atom is 0.326 e. The van der Waals surface area contributed by atoms with Gasteiger partial charge >= 0.3 is 5.97 Å². The summed E-state index contributed by atoms with van der Waals surface area (Å²) in [6.45, 7) is 2.25. The van der Waals surface area contributed by atoms with Gasteiger partial charge in [0.05, 0.1) is 0 Å². The summed E-state index contributed by atoms with van der Waals surface area (Å²) in [7, 11) is 0. The Balaban J connectivity index is 2.67. The molecule has 0 spiro atoms. The van der Waals surface area contributed by atoms with E-state index in [1.54, 1.807) is 6.92 Å². The highest BCUT2D eigenvalue weighted by Gasteiger charge is 2.35. The van der Waals surface area contributed by atoms with Crippen LogP contribution in [0.4, 0.5) is 0 Å². The van der Waals surface area contributed by atoms with Crippen LogP contribution in [0.1, 0.15) is 19.8 Å². The molecule has 2 atom stereocenters. The number of hydrogen-bond donors (Lipinski definition) is 1. The van der Waals surface area contributed by atoms with E-state index in [0.29, 0.717) is 13.0 Å². The van der Waals surface area contributed by atoms with E-state index in [2.05, 4.69) is 0 Å². The van der Waals surface area contributed by atoms with Crippen molar-refractivity contribution in [2.24, 2.45) is 5.92 Å². The first-order valence-electron chi connectivity index (χ1n) is 4.67. The summed E-state index contributed by atoms with van der Waals surface area (Å²) in [5.41, 5.74) is 0. The molecule has 0 saturated carbocycles. The first-order chi connectivity index (χ1) is 6.57. The Labute approximate surface area is 87.8 Å². The summed E-state index contributed by atoms with van der Waals surface area (Å²) >= 11 is 5.56. The number of rotatable bonds is 3. The van der Waals surface area contributed by atoms with Gasteiger partial charge in [-0.3, -0.25) is 4.79 Å². The molecule has 1 aliphatic heterocycles. The maximum atomic E-state index is 11.7. The minimum absolute atomic E-state index is 0.148. The van der Waals surface area contributed by atoms with E-state index in [1.165, 1.54) is 4.90 Å². The Morgan fingerprint density at radius 2 is 2.29 bits per heavy atom. The molecule has 1 N–H and O–H groups in total. The summed E-state index contributed by atoms with van der Waals surface area (Å²) in [5, 5.41) is 8.86. The lowest BCUT2D eigenvalue weighted by Crippen LogP contribution is -2.43. The summed E-state index contributed by atoms with van der Waals surface area (Å²) in [4.78, 5) is 23.9. The van der Waals surface area contributed by atoms with E-state index < -0.39 is 12.0 Å². The average Bonchev–Trinajstić information content (AvgIpc) is 2.63. The van der Waals surface area contributed by atoms with Gasteiger partial charge in [0.1, 0.15) is 6.04 Å². The topological polar surface area (TPSA) is 57.6 Å². The highest BCUT2D eigenvalue weighted by molar-refractivity contribution is 6.19. The number of amides is 1. The fourth-order valence-corrected chi connectivity index (χ4v) is 1.77. The molecule has 0 aromatic heterocycles. The number of aliphatic carboxylic acids is 1. The average molecular weight is 220 g/mol. The molecule has 80 valence electrons. The Morgan fingerprint density at radius 1 is 1.64 bits per heavy atom. The monoisotopic (exact) mass is 219 g/mol. The Hall–Kier alpha value is -0.770. The Kier molecular flexibility index (Phi) is 3.75. The smallest absolute Gasteiger partial charge is 0.326 e. The molecule has 0 aromatic carbocycles. The molecule has 0 bridgehead atoms. The van der Waals surface area contributed by atoms with Crippen molar-refractivity contribution in [2.45, 2.75) is 25.8 Å². The van der Waals surface area contributed by atoms with Crippen molar-refractivity contribution >= 4 is 23.5 Å². The summed E-state index contributed by atoms with van der Waals surface area (Å²) in [6, 6.07) is -0.645. The Bertz CT molecular complexity index is 244. The van der Waals surface area contributed by atoms with Gasteiger partial charge in [0, 0.05) is 18.3 Å². The van der Waals surface area contributed by atoms with Crippen LogP contribution in [0.2, 0.25) is 0 Å². The third kappa shape index (κ3) is 2.18. The fourth-order valence-electron chi connectivity index (χ4n) is 1.64. The van der Waals surface area contributed by atoms with E-state index >= 15 is 0 Å². The second-order valence-corrected chi connectivity index (χ2v) is 3.89. The zero-order valence-corrected chi connectivity index (χ0v) is 8.83. The number of carboxylic acid groups (broad SMARTS) is 1. The third-order valence-corrected chi connectivity index (χ3v) is 2.94. The first kappa shape index (κ1) is 11.3. The number of carbonyl (C=O) groups is 2. The number of nitrogens with zero attached hydrogens (tertiary/aromatic N) is 1. The largest absolute Gasteiger partial charge is 0.480 e. The molecule has 1 rings (SSSR count). The quantitative estimate of drug-likeness (QED) is 0.719. The van der Waals surface area contributed by atoms with Gasteiger partial charge in [0.15, 0.2) is 0 Å². The van der Waals surface area contributed by atoms with Crippen molar-refractivity contribution < 1.29 is 14.7 Å². The van der Waals surface area contributed by atoms with Crippen molar-refractivity contribution in [3.8, 4) is 0 Å². The van der Waals surface area contributed by atoms with Crippen molar-refractivity contribution in [3.05, 3.63) is 0 Å². The van der Waals surface area contributed by atoms with Crippen LogP contribution < -0.4 is 0 Å². The lowest BCUT2D eigenvalue weighted by Gasteiger charge is -2.23. The molecular formula is C9H14ClNO3. The Morgan fingerprint density at radius 3 is 2.79 bits per heavy atom. The molecule has 1 saturated heterocycles. The van der Waals surface area contributed by atoms with Gasteiger partial charge in [-0.1, -0.05) is 6.92 Å². The molecule has 0 aliphatic carbocycles. The molecular weight excluding hydrogens is 206 g/mol. The highest BCUT2D eigenvalue weighted by atomic mass is 35.5. The molecule has 0 radical (unpaired) electrons. The highest BCUT2D eigenvalue weighted by Crippen LogP contribution is 2.20. The number of carbonyl (C=O) groups excluding carboxylic acids is 1. The van der Waals surface area contributed by atoms with E-state index in [0.717, 1.165) is 6.42 Å². The summed E-state index contributed by atoms with van der Waals surface area (Å²) in [6.07, 6.45) is 1.31.